The second-order valence-electron chi connectivity index (χ2n) is 7.37. The molecule has 1 aromatic carbocycles. The van der Waals surface area contributed by atoms with Gasteiger partial charge >= 0.3 is 0 Å². The van der Waals surface area contributed by atoms with Crippen LogP contribution in [-0.2, 0) is 6.42 Å². The van der Waals surface area contributed by atoms with Crippen LogP contribution in [0.25, 0.3) is 22.3 Å². The van der Waals surface area contributed by atoms with Crippen molar-refractivity contribution >= 4 is 16.8 Å². The Labute approximate surface area is 173 Å². The number of hydrogen-bond donors (Lipinski definition) is 1. The summed E-state index contributed by atoms with van der Waals surface area (Å²) in [6, 6.07) is 13.6. The van der Waals surface area contributed by atoms with Gasteiger partial charge in [-0.25, -0.2) is 9.97 Å². The standard InChI is InChI=1S/C23H21N5O2/c1-30-17-5-7-24-20(14-17)19-6-8-25-22(27-19)12-15-3-4-18-16(11-15)13-21(26-18)23(29)28-9-2-10-28/h3-8,11,13-14,26H,2,9-10,12H2,1H3. The molecule has 3 aromatic heterocycles. The first kappa shape index (κ1) is 18.3. The van der Waals surface area contributed by atoms with Crippen LogP contribution in [0.15, 0.2) is 54.9 Å². The molecule has 7 nitrogen and oxygen atoms in total. The first-order chi connectivity index (χ1) is 14.7. The molecule has 1 N–H and O–H groups in total. The smallest absolute Gasteiger partial charge is 0.270 e. The van der Waals surface area contributed by atoms with Crippen LogP contribution in [0.5, 0.6) is 5.75 Å². The monoisotopic (exact) mass is 399 g/mol. The highest BCUT2D eigenvalue weighted by Crippen LogP contribution is 2.22. The Kier molecular flexibility index (Phi) is 4.63. The van der Waals surface area contributed by atoms with E-state index >= 15 is 0 Å². The number of benzene rings is 1. The van der Waals surface area contributed by atoms with Crippen molar-refractivity contribution in [2.75, 3.05) is 20.2 Å². The lowest BCUT2D eigenvalue weighted by molar-refractivity contribution is 0.0646. The Morgan fingerprint density at radius 1 is 1.07 bits per heavy atom. The predicted molar refractivity (Wildman–Crippen MR) is 113 cm³/mol. The van der Waals surface area contributed by atoms with Crippen molar-refractivity contribution in [2.45, 2.75) is 12.8 Å². The molecule has 1 aliphatic heterocycles. The highest BCUT2D eigenvalue weighted by Gasteiger charge is 2.22. The number of nitrogens with zero attached hydrogens (tertiary/aromatic N) is 4. The third kappa shape index (κ3) is 3.50. The van der Waals surface area contributed by atoms with Gasteiger partial charge in [0, 0.05) is 48.9 Å². The van der Waals surface area contributed by atoms with Gasteiger partial charge in [-0.1, -0.05) is 6.07 Å². The lowest BCUT2D eigenvalue weighted by Crippen LogP contribution is -2.42. The van der Waals surface area contributed by atoms with E-state index in [-0.39, 0.29) is 5.91 Å². The van der Waals surface area contributed by atoms with E-state index in [4.69, 9.17) is 4.74 Å². The van der Waals surface area contributed by atoms with Crippen LogP contribution in [-0.4, -0.2) is 50.9 Å². The van der Waals surface area contributed by atoms with Gasteiger partial charge in [0.1, 0.15) is 17.3 Å². The normalized spacial score (nSPS) is 13.3. The number of amides is 1. The van der Waals surface area contributed by atoms with Gasteiger partial charge in [0.2, 0.25) is 0 Å². The first-order valence-electron chi connectivity index (χ1n) is 9.93. The van der Waals surface area contributed by atoms with E-state index in [1.807, 2.05) is 35.2 Å². The van der Waals surface area contributed by atoms with Gasteiger partial charge in [-0.2, -0.15) is 0 Å². The summed E-state index contributed by atoms with van der Waals surface area (Å²) in [4.78, 5) is 31.0. The maximum absolute atomic E-state index is 12.5. The summed E-state index contributed by atoms with van der Waals surface area (Å²) in [6.45, 7) is 1.69. The zero-order valence-electron chi connectivity index (χ0n) is 16.6. The maximum Gasteiger partial charge on any atom is 0.270 e. The van der Waals surface area contributed by atoms with E-state index in [2.05, 4.69) is 26.0 Å². The van der Waals surface area contributed by atoms with Gasteiger partial charge in [0.25, 0.3) is 5.91 Å². The highest BCUT2D eigenvalue weighted by atomic mass is 16.5. The van der Waals surface area contributed by atoms with Crippen molar-refractivity contribution in [3.63, 3.8) is 0 Å². The third-order valence-electron chi connectivity index (χ3n) is 5.36. The summed E-state index contributed by atoms with van der Waals surface area (Å²) < 4.78 is 5.27. The van der Waals surface area contributed by atoms with Crippen LogP contribution >= 0.6 is 0 Å². The molecule has 0 saturated carbocycles. The van der Waals surface area contributed by atoms with Crippen molar-refractivity contribution in [1.82, 2.24) is 24.8 Å². The topological polar surface area (TPSA) is 84.0 Å². The molecular formula is C23H21N5O2. The molecule has 0 spiro atoms. The molecule has 7 heteroatoms. The molecule has 1 saturated heterocycles. The number of ether oxygens (including phenoxy) is 1. The Hall–Kier alpha value is -3.74. The molecular weight excluding hydrogens is 378 g/mol. The van der Waals surface area contributed by atoms with Gasteiger partial charge in [-0.05, 0) is 42.3 Å². The fourth-order valence-corrected chi connectivity index (χ4v) is 3.58. The molecule has 0 atom stereocenters. The molecule has 4 aromatic rings. The number of H-pyrrole nitrogens is 1. The number of likely N-dealkylation sites (tertiary alicyclic amines) is 1. The van der Waals surface area contributed by atoms with E-state index in [9.17, 15) is 4.79 Å². The molecule has 0 aliphatic carbocycles. The van der Waals surface area contributed by atoms with Crippen LogP contribution in [0.2, 0.25) is 0 Å². The summed E-state index contributed by atoms with van der Waals surface area (Å²) >= 11 is 0. The van der Waals surface area contributed by atoms with E-state index in [1.165, 1.54) is 0 Å². The first-order valence-corrected chi connectivity index (χ1v) is 9.93. The number of fused-ring (bicyclic) bond motifs is 1. The molecule has 1 aliphatic rings. The molecule has 1 amide bonds. The number of nitrogens with one attached hydrogen (secondary N) is 1. The van der Waals surface area contributed by atoms with Crippen LogP contribution in [0, 0.1) is 0 Å². The van der Waals surface area contributed by atoms with Crippen LogP contribution in [0.1, 0.15) is 28.3 Å². The quantitative estimate of drug-likeness (QED) is 0.556. The highest BCUT2D eigenvalue weighted by molar-refractivity contribution is 5.98. The molecule has 0 radical (unpaired) electrons. The fraction of sp³-hybridized carbons (Fsp3) is 0.217. The lowest BCUT2D eigenvalue weighted by Gasteiger charge is -2.30. The van der Waals surface area contributed by atoms with Gasteiger partial charge in [0.15, 0.2) is 0 Å². The fourth-order valence-electron chi connectivity index (χ4n) is 3.58. The zero-order chi connectivity index (χ0) is 20.5. The summed E-state index contributed by atoms with van der Waals surface area (Å²) in [5.74, 6) is 1.52. The van der Waals surface area contributed by atoms with Crippen molar-refractivity contribution in [3.05, 3.63) is 71.9 Å². The Morgan fingerprint density at radius 3 is 2.73 bits per heavy atom. The number of pyridine rings is 1. The second-order valence-corrected chi connectivity index (χ2v) is 7.37. The molecule has 150 valence electrons. The number of methoxy groups -OCH3 is 1. The Balaban J connectivity index is 1.39. The SMILES string of the molecule is COc1ccnc(-c2ccnc(Cc3ccc4[nH]c(C(=O)N5CCC5)cc4c3)n2)c1. The van der Waals surface area contributed by atoms with E-state index in [0.29, 0.717) is 17.9 Å². The number of aromatic nitrogens is 4. The summed E-state index contributed by atoms with van der Waals surface area (Å²) in [7, 11) is 1.63. The minimum atomic E-state index is 0.0702. The molecule has 5 rings (SSSR count). The van der Waals surface area contributed by atoms with Crippen LogP contribution in [0.3, 0.4) is 0 Å². The van der Waals surface area contributed by atoms with E-state index < -0.39 is 0 Å². The molecule has 4 heterocycles. The number of rotatable bonds is 5. The average molecular weight is 399 g/mol. The molecule has 0 unspecified atom stereocenters. The maximum atomic E-state index is 12.5. The largest absolute Gasteiger partial charge is 0.497 e. The van der Waals surface area contributed by atoms with Crippen molar-refractivity contribution in [2.24, 2.45) is 0 Å². The number of aromatic amines is 1. The lowest BCUT2D eigenvalue weighted by atomic mass is 10.1. The van der Waals surface area contributed by atoms with Crippen LogP contribution in [0.4, 0.5) is 0 Å². The Morgan fingerprint density at radius 2 is 1.93 bits per heavy atom. The minimum absolute atomic E-state index is 0.0702. The number of hydrogen-bond acceptors (Lipinski definition) is 5. The molecule has 0 bridgehead atoms. The third-order valence-corrected chi connectivity index (χ3v) is 5.36. The second kappa shape index (κ2) is 7.59. The van der Waals surface area contributed by atoms with Gasteiger partial charge in [0.05, 0.1) is 18.5 Å². The van der Waals surface area contributed by atoms with Gasteiger partial charge in [-0.15, -0.1) is 0 Å². The zero-order valence-corrected chi connectivity index (χ0v) is 16.6. The van der Waals surface area contributed by atoms with Crippen molar-refractivity contribution < 1.29 is 9.53 Å². The van der Waals surface area contributed by atoms with Gasteiger partial charge < -0.3 is 14.6 Å². The number of carbonyl (C=O) groups excluding carboxylic acids is 1. The predicted octanol–water partition coefficient (Wildman–Crippen LogP) is 3.47. The average Bonchev–Trinajstić information content (AvgIpc) is 3.16. The van der Waals surface area contributed by atoms with E-state index in [0.717, 1.165) is 53.1 Å². The molecule has 1 fully saturated rings. The summed E-state index contributed by atoms with van der Waals surface area (Å²) in [6.07, 6.45) is 5.13. The van der Waals surface area contributed by atoms with Crippen LogP contribution < -0.4 is 4.74 Å². The Bertz CT molecular complexity index is 1230. The van der Waals surface area contributed by atoms with Gasteiger partial charge in [-0.3, -0.25) is 9.78 Å². The van der Waals surface area contributed by atoms with E-state index in [1.54, 1.807) is 25.6 Å². The minimum Gasteiger partial charge on any atom is -0.497 e. The van der Waals surface area contributed by atoms with Crippen molar-refractivity contribution in [1.29, 1.82) is 0 Å². The number of carbonyl (C=O) groups is 1. The van der Waals surface area contributed by atoms with Crippen molar-refractivity contribution in [3.8, 4) is 17.1 Å². The summed E-state index contributed by atoms with van der Waals surface area (Å²) in [5.41, 5.74) is 4.18. The summed E-state index contributed by atoms with van der Waals surface area (Å²) in [5, 5.41) is 1.02. The molecule has 30 heavy (non-hydrogen) atoms.